The van der Waals surface area contributed by atoms with E-state index in [1.807, 2.05) is 0 Å². The number of hydrogen-bond donors (Lipinski definition) is 0. The number of ether oxygens (including phenoxy) is 3. The maximum atomic E-state index is 12.9. The third-order valence-corrected chi connectivity index (χ3v) is 14.5. The maximum absolute atomic E-state index is 12.9. The summed E-state index contributed by atoms with van der Waals surface area (Å²) in [6.07, 6.45) is 69.2. The summed E-state index contributed by atoms with van der Waals surface area (Å²) in [4.78, 5) is 38.3. The van der Waals surface area contributed by atoms with Gasteiger partial charge in [-0.15, -0.1) is 0 Å². The van der Waals surface area contributed by atoms with Gasteiger partial charge in [-0.05, 0) is 44.9 Å². The van der Waals surface area contributed by atoms with Crippen molar-refractivity contribution in [2.24, 2.45) is 0 Å². The fourth-order valence-electron chi connectivity index (χ4n) is 9.74. The van der Waals surface area contributed by atoms with Gasteiger partial charge >= 0.3 is 17.9 Å². The SMILES string of the molecule is CCCCCC/C=C/CCCCCCCCCC(=O)OC[C@H](COC(=O)CCCCCCCCCCCCCCCCCCCCC)OC(=O)CCCCCCCCCCCCCCCCCCCC. The molecule has 0 N–H and O–H groups in total. The topological polar surface area (TPSA) is 78.9 Å². The van der Waals surface area contributed by atoms with Crippen LogP contribution in [0.3, 0.4) is 0 Å². The lowest BCUT2D eigenvalue weighted by atomic mass is 10.0. The smallest absolute Gasteiger partial charge is 0.306 e. The Morgan fingerprint density at radius 2 is 0.471 bits per heavy atom. The highest BCUT2D eigenvalue weighted by atomic mass is 16.6. The Kier molecular flexibility index (Phi) is 58.1. The Morgan fingerprint density at radius 1 is 0.271 bits per heavy atom. The van der Waals surface area contributed by atoms with E-state index in [-0.39, 0.29) is 31.1 Å². The average Bonchev–Trinajstić information content (AvgIpc) is 3.36. The van der Waals surface area contributed by atoms with Crippen molar-refractivity contribution in [1.29, 1.82) is 0 Å². The van der Waals surface area contributed by atoms with Crippen molar-refractivity contribution in [3.8, 4) is 0 Å². The van der Waals surface area contributed by atoms with Gasteiger partial charge in [-0.2, -0.15) is 0 Å². The standard InChI is InChI=1S/C64H122O6/c1-4-7-10-13-16-19-22-25-28-30-32-34-36-39-42-45-48-51-54-57-63(66)69-60-61(59-68-62(65)56-53-50-47-44-41-38-35-27-24-21-18-15-12-9-6-3)70-64(67)58-55-52-49-46-43-40-37-33-31-29-26-23-20-17-14-11-8-5-2/h21,24,61H,4-20,22-23,25-60H2,1-3H3/b24-21+/t61-/m1/s1. The van der Waals surface area contributed by atoms with Crippen LogP contribution in [0.2, 0.25) is 0 Å². The first-order chi connectivity index (χ1) is 34.5. The van der Waals surface area contributed by atoms with Crippen molar-refractivity contribution in [2.45, 2.75) is 367 Å². The normalized spacial score (nSPS) is 12.0. The third-order valence-electron chi connectivity index (χ3n) is 14.5. The van der Waals surface area contributed by atoms with Crippen molar-refractivity contribution in [2.75, 3.05) is 13.2 Å². The molecule has 0 aliphatic heterocycles. The van der Waals surface area contributed by atoms with Crippen molar-refractivity contribution in [1.82, 2.24) is 0 Å². The van der Waals surface area contributed by atoms with Crippen LogP contribution in [0.4, 0.5) is 0 Å². The lowest BCUT2D eigenvalue weighted by molar-refractivity contribution is -0.167. The number of carbonyl (C=O) groups is 3. The van der Waals surface area contributed by atoms with E-state index in [2.05, 4.69) is 32.9 Å². The molecule has 0 fully saturated rings. The van der Waals surface area contributed by atoms with Crippen molar-refractivity contribution in [3.63, 3.8) is 0 Å². The van der Waals surface area contributed by atoms with Crippen LogP contribution < -0.4 is 0 Å². The molecule has 70 heavy (non-hydrogen) atoms. The second kappa shape index (κ2) is 59.7. The molecule has 1 atom stereocenters. The number of carbonyl (C=O) groups excluding carboxylic acids is 3. The van der Waals surface area contributed by atoms with Gasteiger partial charge in [0.25, 0.3) is 0 Å². The minimum atomic E-state index is -0.767. The number of esters is 3. The molecule has 0 aromatic carbocycles. The van der Waals surface area contributed by atoms with E-state index in [0.29, 0.717) is 19.3 Å². The molecule has 0 rings (SSSR count). The number of allylic oxidation sites excluding steroid dienone is 2. The minimum absolute atomic E-state index is 0.0646. The summed E-state index contributed by atoms with van der Waals surface area (Å²) in [5, 5.41) is 0. The molecule has 0 bridgehead atoms. The highest BCUT2D eigenvalue weighted by molar-refractivity contribution is 5.71. The fraction of sp³-hybridized carbons (Fsp3) is 0.922. The molecule has 0 saturated carbocycles. The van der Waals surface area contributed by atoms with Crippen LogP contribution in [0.25, 0.3) is 0 Å². The fourth-order valence-corrected chi connectivity index (χ4v) is 9.74. The van der Waals surface area contributed by atoms with Gasteiger partial charge in [0.2, 0.25) is 0 Å². The zero-order valence-electron chi connectivity index (χ0n) is 47.6. The van der Waals surface area contributed by atoms with Gasteiger partial charge in [-0.1, -0.05) is 309 Å². The second-order valence-corrected chi connectivity index (χ2v) is 21.7. The van der Waals surface area contributed by atoms with Gasteiger partial charge in [-0.25, -0.2) is 0 Å². The summed E-state index contributed by atoms with van der Waals surface area (Å²) in [6, 6.07) is 0. The van der Waals surface area contributed by atoms with E-state index in [1.165, 1.54) is 263 Å². The molecule has 0 saturated heterocycles. The number of hydrogen-bond acceptors (Lipinski definition) is 6. The van der Waals surface area contributed by atoms with Gasteiger partial charge in [-0.3, -0.25) is 14.4 Å². The van der Waals surface area contributed by atoms with Crippen LogP contribution in [-0.2, 0) is 28.6 Å². The van der Waals surface area contributed by atoms with Gasteiger partial charge in [0.15, 0.2) is 6.10 Å². The number of rotatable bonds is 59. The Balaban J connectivity index is 4.29. The summed E-state index contributed by atoms with van der Waals surface area (Å²) >= 11 is 0. The first-order valence-electron chi connectivity index (χ1n) is 31.7. The molecule has 6 heteroatoms. The summed E-state index contributed by atoms with van der Waals surface area (Å²) in [6.45, 7) is 6.70. The molecule has 0 spiro atoms. The molecule has 0 aromatic rings. The zero-order chi connectivity index (χ0) is 50.7. The molecule has 0 amide bonds. The highest BCUT2D eigenvalue weighted by Crippen LogP contribution is 2.18. The minimum Gasteiger partial charge on any atom is -0.462 e. The van der Waals surface area contributed by atoms with Crippen LogP contribution in [0.15, 0.2) is 12.2 Å². The lowest BCUT2D eigenvalue weighted by Gasteiger charge is -2.18. The lowest BCUT2D eigenvalue weighted by Crippen LogP contribution is -2.30. The zero-order valence-corrected chi connectivity index (χ0v) is 47.6. The van der Waals surface area contributed by atoms with E-state index in [4.69, 9.17) is 14.2 Å². The molecular formula is C64H122O6. The van der Waals surface area contributed by atoms with Crippen molar-refractivity contribution < 1.29 is 28.6 Å². The predicted octanol–water partition coefficient (Wildman–Crippen LogP) is 21.3. The third kappa shape index (κ3) is 57.1. The Bertz CT molecular complexity index is 1090. The summed E-state index contributed by atoms with van der Waals surface area (Å²) < 4.78 is 16.9. The monoisotopic (exact) mass is 987 g/mol. The summed E-state index contributed by atoms with van der Waals surface area (Å²) in [7, 11) is 0. The van der Waals surface area contributed by atoms with Crippen molar-refractivity contribution in [3.05, 3.63) is 12.2 Å². The van der Waals surface area contributed by atoms with E-state index >= 15 is 0 Å². The molecule has 0 unspecified atom stereocenters. The largest absolute Gasteiger partial charge is 0.462 e. The van der Waals surface area contributed by atoms with Gasteiger partial charge < -0.3 is 14.2 Å². The quantitative estimate of drug-likeness (QED) is 0.0261. The van der Waals surface area contributed by atoms with Crippen LogP contribution >= 0.6 is 0 Å². The van der Waals surface area contributed by atoms with E-state index in [9.17, 15) is 14.4 Å². The molecule has 0 heterocycles. The first kappa shape index (κ1) is 68.2. The molecule has 0 aliphatic carbocycles. The molecule has 0 aliphatic rings. The summed E-state index contributed by atoms with van der Waals surface area (Å²) in [5.74, 6) is -0.839. The van der Waals surface area contributed by atoms with Crippen LogP contribution in [-0.4, -0.2) is 37.2 Å². The molecular weight excluding hydrogens is 865 g/mol. The first-order valence-corrected chi connectivity index (χ1v) is 31.7. The van der Waals surface area contributed by atoms with Gasteiger partial charge in [0, 0.05) is 19.3 Å². The van der Waals surface area contributed by atoms with Gasteiger partial charge in [0.05, 0.1) is 0 Å². The van der Waals surface area contributed by atoms with E-state index < -0.39 is 6.10 Å². The Labute approximate surface area is 437 Å². The highest BCUT2D eigenvalue weighted by Gasteiger charge is 2.19. The molecule has 0 radical (unpaired) electrons. The second-order valence-electron chi connectivity index (χ2n) is 21.7. The molecule has 6 nitrogen and oxygen atoms in total. The molecule has 414 valence electrons. The average molecular weight is 988 g/mol. The Morgan fingerprint density at radius 3 is 0.729 bits per heavy atom. The van der Waals surface area contributed by atoms with Gasteiger partial charge in [0.1, 0.15) is 13.2 Å². The Hall–Kier alpha value is -1.85. The predicted molar refractivity (Wildman–Crippen MR) is 303 cm³/mol. The van der Waals surface area contributed by atoms with E-state index in [0.717, 1.165) is 57.8 Å². The van der Waals surface area contributed by atoms with Crippen molar-refractivity contribution >= 4 is 17.9 Å². The van der Waals surface area contributed by atoms with Crippen LogP contribution in [0.5, 0.6) is 0 Å². The summed E-state index contributed by atoms with van der Waals surface area (Å²) in [5.41, 5.74) is 0. The van der Waals surface area contributed by atoms with Crippen LogP contribution in [0.1, 0.15) is 361 Å². The molecule has 0 aromatic heterocycles. The maximum Gasteiger partial charge on any atom is 0.306 e. The van der Waals surface area contributed by atoms with Crippen LogP contribution in [0, 0.1) is 0 Å². The number of unbranched alkanes of at least 4 members (excludes halogenated alkanes) is 46. The van der Waals surface area contributed by atoms with E-state index in [1.54, 1.807) is 0 Å².